The predicted octanol–water partition coefficient (Wildman–Crippen LogP) is 4.01. The Morgan fingerprint density at radius 1 is 0.960 bits per heavy atom. The molecule has 4 heteroatoms. The van der Waals surface area contributed by atoms with Crippen molar-refractivity contribution in [3.8, 4) is 0 Å². The Bertz CT molecular complexity index is 812. The largest absolute Gasteiger partial charge is 0.326 e. The fourth-order valence-corrected chi connectivity index (χ4v) is 3.31. The van der Waals surface area contributed by atoms with Gasteiger partial charge in [-0.15, -0.1) is 0 Å². The highest BCUT2D eigenvalue weighted by atomic mass is 16.2. The molecular formula is C21H24N2O2. The van der Waals surface area contributed by atoms with Crippen molar-refractivity contribution in [2.24, 2.45) is 0 Å². The summed E-state index contributed by atoms with van der Waals surface area (Å²) in [7, 11) is 0. The number of fused-ring (bicyclic) bond motifs is 1. The first-order valence-corrected chi connectivity index (χ1v) is 8.80. The average Bonchev–Trinajstić information content (AvgIpc) is 2.57. The van der Waals surface area contributed by atoms with Gasteiger partial charge in [-0.05, 0) is 67.0 Å². The summed E-state index contributed by atoms with van der Waals surface area (Å²) < 4.78 is 0. The van der Waals surface area contributed by atoms with Crippen LogP contribution in [0.4, 0.5) is 11.4 Å². The molecule has 0 aromatic heterocycles. The summed E-state index contributed by atoms with van der Waals surface area (Å²) >= 11 is 0. The van der Waals surface area contributed by atoms with Crippen LogP contribution in [0.25, 0.3) is 0 Å². The molecule has 1 aliphatic rings. The van der Waals surface area contributed by atoms with Crippen LogP contribution in [0.5, 0.6) is 0 Å². The van der Waals surface area contributed by atoms with Crippen LogP contribution in [0.2, 0.25) is 0 Å². The van der Waals surface area contributed by atoms with Gasteiger partial charge in [-0.1, -0.05) is 24.3 Å². The molecule has 4 nitrogen and oxygen atoms in total. The van der Waals surface area contributed by atoms with Crippen molar-refractivity contribution in [2.75, 3.05) is 10.6 Å². The van der Waals surface area contributed by atoms with Gasteiger partial charge in [0, 0.05) is 18.3 Å². The smallest absolute Gasteiger partial charge is 0.228 e. The third kappa shape index (κ3) is 4.47. The number of nitrogens with one attached hydrogen (secondary N) is 2. The summed E-state index contributed by atoms with van der Waals surface area (Å²) in [4.78, 5) is 23.6. The quantitative estimate of drug-likeness (QED) is 0.886. The van der Waals surface area contributed by atoms with Crippen molar-refractivity contribution in [1.29, 1.82) is 0 Å². The van der Waals surface area contributed by atoms with Gasteiger partial charge in [0.25, 0.3) is 0 Å². The molecule has 1 aliphatic carbocycles. The minimum absolute atomic E-state index is 0.0427. The van der Waals surface area contributed by atoms with E-state index in [2.05, 4.69) is 28.8 Å². The van der Waals surface area contributed by atoms with Gasteiger partial charge >= 0.3 is 0 Å². The van der Waals surface area contributed by atoms with E-state index in [1.807, 2.05) is 19.1 Å². The second kappa shape index (κ2) is 7.51. The fraction of sp³-hybridized carbons (Fsp3) is 0.333. The summed E-state index contributed by atoms with van der Waals surface area (Å²) in [5, 5.41) is 5.70. The number of anilines is 2. The van der Waals surface area contributed by atoms with E-state index >= 15 is 0 Å². The molecule has 130 valence electrons. The van der Waals surface area contributed by atoms with E-state index in [0.29, 0.717) is 12.1 Å². The predicted molar refractivity (Wildman–Crippen MR) is 101 cm³/mol. The van der Waals surface area contributed by atoms with Crippen LogP contribution in [0.1, 0.15) is 42.0 Å². The van der Waals surface area contributed by atoms with Gasteiger partial charge in [-0.2, -0.15) is 0 Å². The van der Waals surface area contributed by atoms with Crippen molar-refractivity contribution in [3.63, 3.8) is 0 Å². The highest BCUT2D eigenvalue weighted by Crippen LogP contribution is 2.23. The Labute approximate surface area is 148 Å². The number of benzene rings is 2. The molecule has 0 saturated carbocycles. The summed E-state index contributed by atoms with van der Waals surface area (Å²) in [5.74, 6) is -0.172. The van der Waals surface area contributed by atoms with Crippen molar-refractivity contribution >= 4 is 23.2 Å². The van der Waals surface area contributed by atoms with Crippen molar-refractivity contribution in [2.45, 2.75) is 46.0 Å². The molecule has 0 spiro atoms. The molecule has 0 saturated heterocycles. The summed E-state index contributed by atoms with van der Waals surface area (Å²) in [6, 6.07) is 11.9. The van der Waals surface area contributed by atoms with E-state index in [-0.39, 0.29) is 11.8 Å². The molecule has 25 heavy (non-hydrogen) atoms. The Morgan fingerprint density at radius 2 is 1.72 bits per heavy atom. The zero-order valence-electron chi connectivity index (χ0n) is 14.8. The summed E-state index contributed by atoms with van der Waals surface area (Å²) in [6.07, 6.45) is 5.12. The van der Waals surface area contributed by atoms with Crippen LogP contribution >= 0.6 is 0 Å². The fourth-order valence-electron chi connectivity index (χ4n) is 3.31. The lowest BCUT2D eigenvalue weighted by molar-refractivity contribution is -0.116. The molecule has 2 amide bonds. The zero-order valence-corrected chi connectivity index (χ0v) is 14.8. The lowest BCUT2D eigenvalue weighted by atomic mass is 9.90. The van der Waals surface area contributed by atoms with Crippen molar-refractivity contribution in [1.82, 2.24) is 0 Å². The molecule has 2 N–H and O–H groups in total. The topological polar surface area (TPSA) is 58.2 Å². The highest BCUT2D eigenvalue weighted by molar-refractivity contribution is 5.95. The van der Waals surface area contributed by atoms with Crippen LogP contribution in [0.15, 0.2) is 36.4 Å². The molecule has 2 aromatic rings. The molecule has 2 aromatic carbocycles. The van der Waals surface area contributed by atoms with Crippen LogP contribution in [0.3, 0.4) is 0 Å². The molecule has 0 bridgehead atoms. The molecular weight excluding hydrogens is 312 g/mol. The monoisotopic (exact) mass is 336 g/mol. The second-order valence-electron chi connectivity index (χ2n) is 6.75. The first kappa shape index (κ1) is 17.2. The standard InChI is InChI=1S/C21H24N2O2/c1-14-7-10-19(22-15(2)24)13-20(14)23-21(25)12-16-8-9-17-5-3-4-6-18(17)11-16/h7-11,13H,3-6,12H2,1-2H3,(H,22,24)(H,23,25). The van der Waals surface area contributed by atoms with E-state index < -0.39 is 0 Å². The maximum Gasteiger partial charge on any atom is 0.228 e. The minimum Gasteiger partial charge on any atom is -0.326 e. The number of aryl methyl sites for hydroxylation is 3. The second-order valence-corrected chi connectivity index (χ2v) is 6.75. The van der Waals surface area contributed by atoms with Crippen LogP contribution in [-0.4, -0.2) is 11.8 Å². The van der Waals surface area contributed by atoms with Crippen molar-refractivity contribution < 1.29 is 9.59 Å². The molecule has 0 unspecified atom stereocenters. The number of carbonyl (C=O) groups excluding carboxylic acids is 2. The first-order valence-electron chi connectivity index (χ1n) is 8.80. The normalized spacial score (nSPS) is 13.0. The molecule has 0 atom stereocenters. The van der Waals surface area contributed by atoms with Crippen LogP contribution in [-0.2, 0) is 28.9 Å². The van der Waals surface area contributed by atoms with Gasteiger partial charge in [-0.3, -0.25) is 9.59 Å². The number of hydrogen-bond donors (Lipinski definition) is 2. The summed E-state index contributed by atoms with van der Waals surface area (Å²) in [5.41, 5.74) is 6.24. The number of hydrogen-bond acceptors (Lipinski definition) is 2. The van der Waals surface area contributed by atoms with Gasteiger partial charge < -0.3 is 10.6 Å². The zero-order chi connectivity index (χ0) is 17.8. The Hall–Kier alpha value is -2.62. The van der Waals surface area contributed by atoms with Gasteiger partial charge in [-0.25, -0.2) is 0 Å². The van der Waals surface area contributed by atoms with E-state index in [1.165, 1.54) is 30.9 Å². The molecule has 0 heterocycles. The number of carbonyl (C=O) groups is 2. The number of rotatable bonds is 4. The Kier molecular flexibility index (Phi) is 5.17. The van der Waals surface area contributed by atoms with E-state index in [4.69, 9.17) is 0 Å². The number of amides is 2. The van der Waals surface area contributed by atoms with Gasteiger partial charge in [0.1, 0.15) is 0 Å². The molecule has 0 radical (unpaired) electrons. The van der Waals surface area contributed by atoms with E-state index in [0.717, 1.165) is 29.7 Å². The molecule has 3 rings (SSSR count). The van der Waals surface area contributed by atoms with Crippen LogP contribution < -0.4 is 10.6 Å². The third-order valence-corrected chi connectivity index (χ3v) is 4.61. The molecule has 0 aliphatic heterocycles. The van der Waals surface area contributed by atoms with E-state index in [1.54, 1.807) is 6.07 Å². The SMILES string of the molecule is CC(=O)Nc1ccc(C)c(NC(=O)Cc2ccc3c(c2)CCCC3)c1. The average molecular weight is 336 g/mol. The lowest BCUT2D eigenvalue weighted by Gasteiger charge is -2.16. The lowest BCUT2D eigenvalue weighted by Crippen LogP contribution is -2.16. The maximum absolute atomic E-state index is 12.4. The van der Waals surface area contributed by atoms with Gasteiger partial charge in [0.2, 0.25) is 11.8 Å². The van der Waals surface area contributed by atoms with Gasteiger partial charge in [0.05, 0.1) is 6.42 Å². The van der Waals surface area contributed by atoms with Gasteiger partial charge in [0.15, 0.2) is 0 Å². The minimum atomic E-state index is -0.129. The Morgan fingerprint density at radius 3 is 2.48 bits per heavy atom. The van der Waals surface area contributed by atoms with Crippen molar-refractivity contribution in [3.05, 3.63) is 58.7 Å². The van der Waals surface area contributed by atoms with E-state index in [9.17, 15) is 9.59 Å². The molecule has 0 fully saturated rings. The summed E-state index contributed by atoms with van der Waals surface area (Å²) in [6.45, 7) is 3.40. The van der Waals surface area contributed by atoms with Crippen LogP contribution in [0, 0.1) is 6.92 Å². The third-order valence-electron chi connectivity index (χ3n) is 4.61. The first-order chi connectivity index (χ1) is 12.0. The highest BCUT2D eigenvalue weighted by Gasteiger charge is 2.12. The maximum atomic E-state index is 12.4. The Balaban J connectivity index is 1.69.